The topological polar surface area (TPSA) is 47.3 Å². The van der Waals surface area contributed by atoms with Crippen molar-refractivity contribution in [3.8, 4) is 18.4 Å². The van der Waals surface area contributed by atoms with Crippen molar-refractivity contribution < 1.29 is 5.11 Å². The molecule has 3 heteroatoms. The number of nitrogens with zero attached hydrogens (tertiary/aromatic N) is 2. The molecule has 1 rings (SSSR count). The summed E-state index contributed by atoms with van der Waals surface area (Å²) in [7, 11) is 0. The summed E-state index contributed by atoms with van der Waals surface area (Å²) in [5, 5.41) is 18.9. The molecule has 0 amide bonds. The largest absolute Gasteiger partial charge is 0.375 e. The number of hydrogen-bond acceptors (Lipinski definition) is 3. The van der Waals surface area contributed by atoms with E-state index >= 15 is 0 Å². The van der Waals surface area contributed by atoms with Gasteiger partial charge >= 0.3 is 0 Å². The van der Waals surface area contributed by atoms with Gasteiger partial charge in [-0.2, -0.15) is 5.26 Å². The Morgan fingerprint density at radius 2 is 2.29 bits per heavy atom. The normalized spacial score (nSPS) is 38.6. The maximum atomic E-state index is 9.97. The fourth-order valence-electron chi connectivity index (χ4n) is 1.96. The third-order valence-electron chi connectivity index (χ3n) is 3.04. The number of nitriles is 1. The van der Waals surface area contributed by atoms with Gasteiger partial charge in [-0.15, -0.1) is 6.42 Å². The fraction of sp³-hybridized carbons (Fsp3) is 0.727. The molecule has 1 saturated heterocycles. The molecule has 1 fully saturated rings. The van der Waals surface area contributed by atoms with E-state index in [0.717, 1.165) is 0 Å². The average molecular weight is 192 g/mol. The molecule has 0 aromatic rings. The molecule has 0 aliphatic carbocycles. The van der Waals surface area contributed by atoms with Crippen LogP contribution >= 0.6 is 0 Å². The summed E-state index contributed by atoms with van der Waals surface area (Å²) in [6.07, 6.45) is 5.73. The van der Waals surface area contributed by atoms with Crippen molar-refractivity contribution >= 4 is 0 Å². The quantitative estimate of drug-likeness (QED) is 0.489. The van der Waals surface area contributed by atoms with Crippen molar-refractivity contribution in [1.29, 1.82) is 5.26 Å². The highest BCUT2D eigenvalue weighted by molar-refractivity contribution is 5.09. The Morgan fingerprint density at radius 1 is 1.64 bits per heavy atom. The van der Waals surface area contributed by atoms with Crippen LogP contribution in [0.5, 0.6) is 0 Å². The van der Waals surface area contributed by atoms with E-state index in [4.69, 9.17) is 11.7 Å². The highest BCUT2D eigenvalue weighted by Gasteiger charge is 2.42. The second-order valence-corrected chi connectivity index (χ2v) is 4.12. The Kier molecular flexibility index (Phi) is 3.16. The standard InChI is InChI=1S/C11H16N2O/c1-4-5-13-7-9(2)11(14,8-12)6-10(13)3/h1,9-10,14H,5-7H2,2-3H3/t9-,10-,11-/m0/s1. The molecule has 3 atom stereocenters. The number of terminal acetylenes is 1. The zero-order chi connectivity index (χ0) is 10.8. The SMILES string of the molecule is C#CCN1C[C@H](C)[C@@](O)(C#N)C[C@@H]1C. The second-order valence-electron chi connectivity index (χ2n) is 4.12. The van der Waals surface area contributed by atoms with Crippen LogP contribution in [-0.2, 0) is 0 Å². The molecule has 0 aromatic carbocycles. The maximum Gasteiger partial charge on any atom is 0.156 e. The van der Waals surface area contributed by atoms with Crippen LogP contribution in [0.1, 0.15) is 20.3 Å². The van der Waals surface area contributed by atoms with E-state index in [2.05, 4.69) is 10.8 Å². The molecular weight excluding hydrogens is 176 g/mol. The molecule has 0 radical (unpaired) electrons. The summed E-state index contributed by atoms with van der Waals surface area (Å²) in [6.45, 7) is 5.16. The third kappa shape index (κ3) is 1.90. The van der Waals surface area contributed by atoms with Gasteiger partial charge in [0, 0.05) is 24.9 Å². The molecule has 1 heterocycles. The minimum Gasteiger partial charge on any atom is -0.375 e. The van der Waals surface area contributed by atoms with Gasteiger partial charge in [0.2, 0.25) is 0 Å². The van der Waals surface area contributed by atoms with Gasteiger partial charge in [0.05, 0.1) is 12.6 Å². The lowest BCUT2D eigenvalue weighted by Crippen LogP contribution is -2.54. The van der Waals surface area contributed by atoms with Crippen molar-refractivity contribution in [1.82, 2.24) is 4.90 Å². The molecule has 1 N–H and O–H groups in total. The molecule has 0 saturated carbocycles. The summed E-state index contributed by atoms with van der Waals surface area (Å²) in [5.41, 5.74) is -1.18. The van der Waals surface area contributed by atoms with Crippen LogP contribution in [0, 0.1) is 29.6 Å². The van der Waals surface area contributed by atoms with Gasteiger partial charge in [0.25, 0.3) is 0 Å². The van der Waals surface area contributed by atoms with Crippen LogP contribution in [0.15, 0.2) is 0 Å². The van der Waals surface area contributed by atoms with E-state index in [-0.39, 0.29) is 12.0 Å². The van der Waals surface area contributed by atoms with E-state index in [0.29, 0.717) is 19.5 Å². The summed E-state index contributed by atoms with van der Waals surface area (Å²) < 4.78 is 0. The zero-order valence-corrected chi connectivity index (χ0v) is 8.70. The minimum atomic E-state index is -1.18. The van der Waals surface area contributed by atoms with Gasteiger partial charge in [0.1, 0.15) is 0 Å². The van der Waals surface area contributed by atoms with E-state index in [1.807, 2.05) is 19.9 Å². The number of hydrogen-bond donors (Lipinski definition) is 1. The lowest BCUT2D eigenvalue weighted by molar-refractivity contribution is -0.0402. The second kappa shape index (κ2) is 4.00. The monoisotopic (exact) mass is 192 g/mol. The summed E-state index contributed by atoms with van der Waals surface area (Å²) >= 11 is 0. The van der Waals surface area contributed by atoms with E-state index in [9.17, 15) is 5.11 Å². The zero-order valence-electron chi connectivity index (χ0n) is 8.70. The molecule has 76 valence electrons. The van der Waals surface area contributed by atoms with E-state index in [1.165, 1.54) is 0 Å². The molecule has 0 bridgehead atoms. The third-order valence-corrected chi connectivity index (χ3v) is 3.04. The Labute approximate surface area is 85.3 Å². The molecule has 1 aliphatic heterocycles. The van der Waals surface area contributed by atoms with Crippen LogP contribution in [0.2, 0.25) is 0 Å². The van der Waals surface area contributed by atoms with Gasteiger partial charge in [-0.05, 0) is 6.92 Å². The minimum absolute atomic E-state index is 0.0444. The predicted octanol–water partition coefficient (Wildman–Crippen LogP) is 0.605. The van der Waals surface area contributed by atoms with Gasteiger partial charge in [-0.3, -0.25) is 4.90 Å². The Morgan fingerprint density at radius 3 is 2.79 bits per heavy atom. The van der Waals surface area contributed by atoms with Crippen LogP contribution in [0.4, 0.5) is 0 Å². The van der Waals surface area contributed by atoms with E-state index in [1.54, 1.807) is 0 Å². The fourth-order valence-corrected chi connectivity index (χ4v) is 1.96. The smallest absolute Gasteiger partial charge is 0.156 e. The lowest BCUT2D eigenvalue weighted by atomic mass is 9.80. The van der Waals surface area contributed by atoms with Crippen LogP contribution < -0.4 is 0 Å². The van der Waals surface area contributed by atoms with Gasteiger partial charge in [-0.25, -0.2) is 0 Å². The highest BCUT2D eigenvalue weighted by atomic mass is 16.3. The van der Waals surface area contributed by atoms with Gasteiger partial charge in [-0.1, -0.05) is 12.8 Å². The molecule has 14 heavy (non-hydrogen) atoms. The number of rotatable bonds is 1. The molecule has 0 aromatic heterocycles. The van der Waals surface area contributed by atoms with Crippen molar-refractivity contribution in [2.24, 2.45) is 5.92 Å². The predicted molar refractivity (Wildman–Crippen MR) is 54.2 cm³/mol. The van der Waals surface area contributed by atoms with Crippen LogP contribution in [0.3, 0.4) is 0 Å². The summed E-state index contributed by atoms with van der Waals surface area (Å²) in [5.74, 6) is 2.55. The Hall–Kier alpha value is -1.03. The number of piperidine rings is 1. The molecule has 1 aliphatic rings. The van der Waals surface area contributed by atoms with Crippen molar-refractivity contribution in [2.45, 2.75) is 31.9 Å². The van der Waals surface area contributed by atoms with Crippen LogP contribution in [0.25, 0.3) is 0 Å². The molecular formula is C11H16N2O. The molecule has 0 unspecified atom stereocenters. The van der Waals surface area contributed by atoms with Crippen molar-refractivity contribution in [2.75, 3.05) is 13.1 Å². The van der Waals surface area contributed by atoms with Crippen molar-refractivity contribution in [3.63, 3.8) is 0 Å². The summed E-state index contributed by atoms with van der Waals surface area (Å²) in [6, 6.07) is 2.17. The highest BCUT2D eigenvalue weighted by Crippen LogP contribution is 2.30. The molecule has 3 nitrogen and oxygen atoms in total. The maximum absolute atomic E-state index is 9.97. The van der Waals surface area contributed by atoms with Gasteiger partial charge < -0.3 is 5.11 Å². The first kappa shape index (κ1) is 11.0. The van der Waals surface area contributed by atoms with Crippen molar-refractivity contribution in [3.05, 3.63) is 0 Å². The summed E-state index contributed by atoms with van der Waals surface area (Å²) in [4.78, 5) is 2.12. The Bertz CT molecular complexity index is 289. The lowest BCUT2D eigenvalue weighted by Gasteiger charge is -2.42. The molecule has 0 spiro atoms. The number of aliphatic hydroxyl groups is 1. The first-order valence-corrected chi connectivity index (χ1v) is 4.84. The Balaban J connectivity index is 2.74. The first-order chi connectivity index (χ1) is 6.53. The first-order valence-electron chi connectivity index (χ1n) is 4.84. The average Bonchev–Trinajstić information content (AvgIpc) is 2.15. The van der Waals surface area contributed by atoms with E-state index < -0.39 is 5.60 Å². The van der Waals surface area contributed by atoms with Gasteiger partial charge in [0.15, 0.2) is 5.60 Å². The number of likely N-dealkylation sites (tertiary alicyclic amines) is 1. The van der Waals surface area contributed by atoms with Crippen LogP contribution in [-0.4, -0.2) is 34.7 Å².